The molecule has 0 saturated heterocycles. The zero-order valence-electron chi connectivity index (χ0n) is 16.5. The van der Waals surface area contributed by atoms with Crippen LogP contribution in [0.4, 0.5) is 17.5 Å². The molecule has 1 aliphatic rings. The van der Waals surface area contributed by atoms with Crippen LogP contribution in [0.2, 0.25) is 0 Å². The summed E-state index contributed by atoms with van der Waals surface area (Å²) in [5, 5.41) is 3.38. The normalized spacial score (nSPS) is 13.1. The van der Waals surface area contributed by atoms with Gasteiger partial charge in [0.1, 0.15) is 11.6 Å². The maximum Gasteiger partial charge on any atom is 0.224 e. The van der Waals surface area contributed by atoms with Crippen molar-refractivity contribution in [3.63, 3.8) is 0 Å². The van der Waals surface area contributed by atoms with Gasteiger partial charge in [0.05, 0.1) is 7.11 Å². The van der Waals surface area contributed by atoms with Gasteiger partial charge < -0.3 is 15.0 Å². The fourth-order valence-corrected chi connectivity index (χ4v) is 3.76. The van der Waals surface area contributed by atoms with Gasteiger partial charge >= 0.3 is 0 Å². The molecule has 0 amide bonds. The second-order valence-electron chi connectivity index (χ2n) is 7.06. The highest BCUT2D eigenvalue weighted by molar-refractivity contribution is 5.66. The number of aryl methyl sites for hydroxylation is 2. The molecule has 28 heavy (non-hydrogen) atoms. The molecule has 5 nitrogen and oxygen atoms in total. The lowest BCUT2D eigenvalue weighted by Crippen LogP contribution is -2.26. The van der Waals surface area contributed by atoms with E-state index in [1.54, 1.807) is 7.11 Å². The third-order valence-electron chi connectivity index (χ3n) is 5.10. The van der Waals surface area contributed by atoms with Crippen LogP contribution in [0.3, 0.4) is 0 Å². The molecule has 0 unspecified atom stereocenters. The van der Waals surface area contributed by atoms with Crippen molar-refractivity contribution < 1.29 is 4.74 Å². The van der Waals surface area contributed by atoms with Crippen molar-refractivity contribution in [3.8, 4) is 5.75 Å². The van der Waals surface area contributed by atoms with Gasteiger partial charge in [-0.25, -0.2) is 4.98 Å². The first kappa shape index (κ1) is 18.3. The van der Waals surface area contributed by atoms with Crippen molar-refractivity contribution in [1.29, 1.82) is 0 Å². The zero-order chi connectivity index (χ0) is 19.3. The van der Waals surface area contributed by atoms with Crippen molar-refractivity contribution in [2.75, 3.05) is 30.4 Å². The number of fused-ring (bicyclic) bond motifs is 1. The van der Waals surface area contributed by atoms with Gasteiger partial charge in [0.15, 0.2) is 0 Å². The predicted octanol–water partition coefficient (Wildman–Crippen LogP) is 4.53. The molecule has 144 valence electrons. The van der Waals surface area contributed by atoms with Crippen LogP contribution in [0, 0.1) is 6.92 Å². The van der Waals surface area contributed by atoms with Crippen molar-refractivity contribution in [2.24, 2.45) is 0 Å². The average Bonchev–Trinajstić information content (AvgIpc) is 2.73. The number of ether oxygens (including phenoxy) is 1. The number of anilines is 3. The Morgan fingerprint density at radius 3 is 2.79 bits per heavy atom. The fourth-order valence-electron chi connectivity index (χ4n) is 3.76. The first-order chi connectivity index (χ1) is 13.7. The minimum absolute atomic E-state index is 0.674. The molecule has 1 aliphatic heterocycles. The van der Waals surface area contributed by atoms with E-state index in [1.807, 2.05) is 25.1 Å². The van der Waals surface area contributed by atoms with E-state index in [0.29, 0.717) is 5.95 Å². The van der Waals surface area contributed by atoms with Gasteiger partial charge in [0.2, 0.25) is 5.95 Å². The molecule has 0 spiro atoms. The van der Waals surface area contributed by atoms with Crippen LogP contribution < -0.4 is 15.0 Å². The maximum atomic E-state index is 5.43. The molecule has 3 aromatic rings. The SMILES string of the molecule is COc1ccccc1CCNc1nc(C)cc(N2CCCc3ccccc32)n1. The van der Waals surface area contributed by atoms with Crippen LogP contribution in [0.5, 0.6) is 5.75 Å². The second kappa shape index (κ2) is 8.30. The highest BCUT2D eigenvalue weighted by Crippen LogP contribution is 2.32. The summed E-state index contributed by atoms with van der Waals surface area (Å²) in [6.07, 6.45) is 3.11. The van der Waals surface area contributed by atoms with Gasteiger partial charge in [-0.3, -0.25) is 0 Å². The molecule has 0 aliphatic carbocycles. The van der Waals surface area contributed by atoms with Crippen LogP contribution in [-0.2, 0) is 12.8 Å². The number of benzene rings is 2. The molecule has 0 bridgehead atoms. The Kier molecular flexibility index (Phi) is 5.42. The van der Waals surface area contributed by atoms with Crippen molar-refractivity contribution in [3.05, 3.63) is 71.4 Å². The minimum Gasteiger partial charge on any atom is -0.496 e. The lowest BCUT2D eigenvalue weighted by atomic mass is 10.0. The van der Waals surface area contributed by atoms with E-state index in [9.17, 15) is 0 Å². The molecular weight excluding hydrogens is 348 g/mol. The van der Waals surface area contributed by atoms with Gasteiger partial charge in [-0.15, -0.1) is 0 Å². The van der Waals surface area contributed by atoms with Gasteiger partial charge in [-0.1, -0.05) is 36.4 Å². The Morgan fingerprint density at radius 1 is 1.07 bits per heavy atom. The number of nitrogens with one attached hydrogen (secondary N) is 1. The van der Waals surface area contributed by atoms with E-state index in [-0.39, 0.29) is 0 Å². The predicted molar refractivity (Wildman–Crippen MR) is 114 cm³/mol. The summed E-state index contributed by atoms with van der Waals surface area (Å²) in [5.41, 5.74) is 4.78. The van der Waals surface area contributed by atoms with E-state index >= 15 is 0 Å². The Labute approximate surface area is 166 Å². The highest BCUT2D eigenvalue weighted by Gasteiger charge is 2.19. The van der Waals surface area contributed by atoms with Crippen molar-refractivity contribution in [1.82, 2.24) is 9.97 Å². The third-order valence-corrected chi connectivity index (χ3v) is 5.10. The van der Waals surface area contributed by atoms with E-state index in [0.717, 1.165) is 49.6 Å². The number of aromatic nitrogens is 2. The van der Waals surface area contributed by atoms with E-state index in [1.165, 1.54) is 16.8 Å². The minimum atomic E-state index is 0.674. The molecule has 2 aromatic carbocycles. The van der Waals surface area contributed by atoms with Gasteiger partial charge in [0.25, 0.3) is 0 Å². The van der Waals surface area contributed by atoms with Crippen LogP contribution in [0.15, 0.2) is 54.6 Å². The van der Waals surface area contributed by atoms with E-state index in [2.05, 4.69) is 51.6 Å². The lowest BCUT2D eigenvalue weighted by Gasteiger charge is -2.30. The molecule has 4 rings (SSSR count). The number of hydrogen-bond acceptors (Lipinski definition) is 5. The van der Waals surface area contributed by atoms with Gasteiger partial charge in [-0.05, 0) is 49.4 Å². The van der Waals surface area contributed by atoms with Gasteiger partial charge in [-0.2, -0.15) is 4.98 Å². The Bertz CT molecular complexity index is 957. The number of nitrogens with zero attached hydrogens (tertiary/aromatic N) is 3. The van der Waals surface area contributed by atoms with Gasteiger partial charge in [0, 0.05) is 30.5 Å². The molecule has 2 heterocycles. The number of methoxy groups -OCH3 is 1. The summed E-state index contributed by atoms with van der Waals surface area (Å²) in [7, 11) is 1.71. The summed E-state index contributed by atoms with van der Waals surface area (Å²) in [5.74, 6) is 2.55. The largest absolute Gasteiger partial charge is 0.496 e. The third kappa shape index (κ3) is 3.93. The summed E-state index contributed by atoms with van der Waals surface area (Å²) in [4.78, 5) is 11.7. The first-order valence-corrected chi connectivity index (χ1v) is 9.81. The van der Waals surface area contributed by atoms with E-state index < -0.39 is 0 Å². The number of rotatable bonds is 6. The van der Waals surface area contributed by atoms with Crippen LogP contribution >= 0.6 is 0 Å². The molecule has 0 radical (unpaired) electrons. The zero-order valence-corrected chi connectivity index (χ0v) is 16.5. The Balaban J connectivity index is 1.50. The summed E-state index contributed by atoms with van der Waals surface area (Å²) < 4.78 is 5.43. The number of hydrogen-bond donors (Lipinski definition) is 1. The average molecular weight is 374 g/mol. The van der Waals surface area contributed by atoms with Crippen LogP contribution in [0.25, 0.3) is 0 Å². The molecule has 1 aromatic heterocycles. The summed E-state index contributed by atoms with van der Waals surface area (Å²) in [6.45, 7) is 3.75. The quantitative estimate of drug-likeness (QED) is 0.687. The molecular formula is C23H26N4O. The van der Waals surface area contributed by atoms with E-state index in [4.69, 9.17) is 9.72 Å². The summed E-state index contributed by atoms with van der Waals surface area (Å²) >= 11 is 0. The molecule has 5 heteroatoms. The van der Waals surface area contributed by atoms with Crippen LogP contribution in [-0.4, -0.2) is 30.2 Å². The highest BCUT2D eigenvalue weighted by atomic mass is 16.5. The number of para-hydroxylation sites is 2. The van der Waals surface area contributed by atoms with Crippen LogP contribution in [0.1, 0.15) is 23.2 Å². The molecule has 0 saturated carbocycles. The smallest absolute Gasteiger partial charge is 0.224 e. The molecule has 0 fully saturated rings. The first-order valence-electron chi connectivity index (χ1n) is 9.81. The van der Waals surface area contributed by atoms with Crippen molar-refractivity contribution in [2.45, 2.75) is 26.2 Å². The monoisotopic (exact) mass is 374 g/mol. The Hall–Kier alpha value is -3.08. The Morgan fingerprint density at radius 2 is 1.89 bits per heavy atom. The maximum absolute atomic E-state index is 5.43. The van der Waals surface area contributed by atoms with Crippen molar-refractivity contribution >= 4 is 17.5 Å². The molecule has 0 atom stereocenters. The lowest BCUT2D eigenvalue weighted by molar-refractivity contribution is 0.410. The molecule has 1 N–H and O–H groups in total. The fraction of sp³-hybridized carbons (Fsp3) is 0.304. The standard InChI is InChI=1S/C23H26N4O/c1-17-16-22(27-15-7-10-18-8-3-5-11-20(18)27)26-23(25-17)24-14-13-19-9-4-6-12-21(19)28-2/h3-6,8-9,11-12,16H,7,10,13-15H2,1-2H3,(H,24,25,26). The summed E-state index contributed by atoms with van der Waals surface area (Å²) in [6, 6.07) is 18.8. The topological polar surface area (TPSA) is 50.3 Å². The second-order valence-corrected chi connectivity index (χ2v) is 7.06.